The maximum absolute atomic E-state index is 12.8. The van der Waals surface area contributed by atoms with Gasteiger partial charge in [-0.3, -0.25) is 4.79 Å². The Kier molecular flexibility index (Phi) is 3.85. The van der Waals surface area contributed by atoms with Gasteiger partial charge in [-0.05, 0) is 12.8 Å². The molecule has 1 saturated carbocycles. The van der Waals surface area contributed by atoms with Crippen LogP contribution in [0.3, 0.4) is 0 Å². The van der Waals surface area contributed by atoms with Gasteiger partial charge in [0, 0.05) is 6.04 Å². The van der Waals surface area contributed by atoms with Gasteiger partial charge in [0.25, 0.3) is 11.8 Å². The molecular formula is C10H14F2N4O2S. The molecule has 0 radical (unpaired) electrons. The van der Waals surface area contributed by atoms with E-state index in [0.29, 0.717) is 11.2 Å². The summed E-state index contributed by atoms with van der Waals surface area (Å²) in [6, 6.07) is 0.361. The van der Waals surface area contributed by atoms with Crippen molar-refractivity contribution in [2.45, 2.75) is 24.8 Å². The monoisotopic (exact) mass is 292 g/mol. The Hall–Kier alpha value is -1.48. The summed E-state index contributed by atoms with van der Waals surface area (Å²) in [4.78, 5) is 15.7. The molecule has 106 valence electrons. The molecular weight excluding hydrogens is 278 g/mol. The van der Waals surface area contributed by atoms with E-state index in [1.54, 1.807) is 0 Å². The Morgan fingerprint density at radius 3 is 2.84 bits per heavy atom. The molecule has 0 aliphatic heterocycles. The van der Waals surface area contributed by atoms with Gasteiger partial charge in [-0.1, -0.05) is 11.3 Å². The molecule has 0 bridgehead atoms. The van der Waals surface area contributed by atoms with Crippen LogP contribution in [-0.2, 0) is 0 Å². The molecule has 6 nitrogen and oxygen atoms in total. The van der Waals surface area contributed by atoms with E-state index in [-0.39, 0.29) is 10.7 Å². The number of rotatable bonds is 6. The number of aromatic nitrogens is 1. The first-order valence-electron chi connectivity index (χ1n) is 5.71. The van der Waals surface area contributed by atoms with Crippen LogP contribution < -0.4 is 16.4 Å². The van der Waals surface area contributed by atoms with Crippen molar-refractivity contribution < 1.29 is 18.7 Å². The molecule has 5 N–H and O–H groups in total. The molecule has 1 aliphatic carbocycles. The molecule has 1 aromatic rings. The number of halogens is 2. The van der Waals surface area contributed by atoms with Crippen molar-refractivity contribution in [2.75, 3.05) is 24.2 Å². The molecule has 2 rings (SSSR count). The Bertz CT molecular complexity index is 476. The summed E-state index contributed by atoms with van der Waals surface area (Å²) in [6.07, 6.45) is 2.09. The highest BCUT2D eigenvalue weighted by Crippen LogP contribution is 2.30. The summed E-state index contributed by atoms with van der Waals surface area (Å²) in [6.45, 7) is -2.26. The fourth-order valence-electron chi connectivity index (χ4n) is 1.30. The molecule has 1 aliphatic rings. The third-order valence-corrected chi connectivity index (χ3v) is 3.50. The average molecular weight is 292 g/mol. The van der Waals surface area contributed by atoms with Gasteiger partial charge >= 0.3 is 0 Å². The van der Waals surface area contributed by atoms with E-state index in [2.05, 4.69) is 10.3 Å². The van der Waals surface area contributed by atoms with Crippen LogP contribution in [0.5, 0.6) is 0 Å². The summed E-state index contributed by atoms with van der Waals surface area (Å²) in [7, 11) is 0. The minimum atomic E-state index is -3.34. The zero-order valence-electron chi connectivity index (χ0n) is 9.95. The Balaban J connectivity index is 1.96. The highest BCUT2D eigenvalue weighted by Gasteiger charge is 2.29. The normalized spacial score (nSPS) is 15.3. The van der Waals surface area contributed by atoms with Crippen molar-refractivity contribution in [1.29, 1.82) is 0 Å². The van der Waals surface area contributed by atoms with Gasteiger partial charge in [0.1, 0.15) is 17.3 Å². The van der Waals surface area contributed by atoms with Crippen LogP contribution >= 0.6 is 11.3 Å². The number of carbonyl (C=O) groups is 1. The Morgan fingerprint density at radius 2 is 2.26 bits per heavy atom. The second-order valence-electron chi connectivity index (χ2n) is 4.35. The van der Waals surface area contributed by atoms with Crippen LogP contribution in [0.2, 0.25) is 0 Å². The largest absolute Gasteiger partial charge is 0.390 e. The lowest BCUT2D eigenvalue weighted by atomic mass is 10.3. The average Bonchev–Trinajstić information content (AvgIpc) is 3.09. The van der Waals surface area contributed by atoms with E-state index in [0.717, 1.165) is 24.2 Å². The van der Waals surface area contributed by atoms with Crippen LogP contribution in [0, 0.1) is 0 Å². The van der Waals surface area contributed by atoms with Gasteiger partial charge in [0.15, 0.2) is 5.13 Å². The molecule has 0 unspecified atom stereocenters. The number of anilines is 2. The second-order valence-corrected chi connectivity index (χ2v) is 5.35. The maximum Gasteiger partial charge on any atom is 0.287 e. The fourth-order valence-corrected chi connectivity index (χ4v) is 2.18. The topological polar surface area (TPSA) is 100 Å². The summed E-state index contributed by atoms with van der Waals surface area (Å²) >= 11 is 1.03. The van der Waals surface area contributed by atoms with Gasteiger partial charge in [-0.25, -0.2) is 13.8 Å². The van der Waals surface area contributed by atoms with Crippen molar-refractivity contribution in [1.82, 2.24) is 10.3 Å². The predicted octanol–water partition coefficient (Wildman–Crippen LogP) is 0.657. The van der Waals surface area contributed by atoms with Gasteiger partial charge in [-0.2, -0.15) is 0 Å². The number of hydrogen-bond acceptors (Lipinski definition) is 6. The molecule has 1 aromatic heterocycles. The lowest BCUT2D eigenvalue weighted by Crippen LogP contribution is -2.38. The third-order valence-electron chi connectivity index (χ3n) is 2.50. The molecule has 0 saturated heterocycles. The molecule has 0 atom stereocenters. The summed E-state index contributed by atoms with van der Waals surface area (Å²) in [5.41, 5.74) is 5.57. The quantitative estimate of drug-likeness (QED) is 0.617. The van der Waals surface area contributed by atoms with E-state index >= 15 is 0 Å². The first kappa shape index (κ1) is 13.9. The minimum absolute atomic E-state index is 0.0120. The molecule has 9 heteroatoms. The van der Waals surface area contributed by atoms with Crippen molar-refractivity contribution in [3.05, 3.63) is 4.88 Å². The maximum atomic E-state index is 12.8. The highest BCUT2D eigenvalue weighted by molar-refractivity contribution is 7.18. The van der Waals surface area contributed by atoms with E-state index in [1.807, 2.05) is 5.32 Å². The second kappa shape index (κ2) is 5.25. The summed E-state index contributed by atoms with van der Waals surface area (Å²) < 4.78 is 25.6. The molecule has 0 spiro atoms. The van der Waals surface area contributed by atoms with Gasteiger partial charge < -0.3 is 21.5 Å². The lowest BCUT2D eigenvalue weighted by molar-refractivity contribution is -0.0461. The number of aliphatic hydroxyl groups excluding tert-OH is 1. The molecule has 1 heterocycles. The number of nitrogen functional groups attached to an aromatic ring is 1. The van der Waals surface area contributed by atoms with E-state index in [4.69, 9.17) is 10.8 Å². The zero-order chi connectivity index (χ0) is 14.0. The van der Waals surface area contributed by atoms with E-state index in [1.165, 1.54) is 0 Å². The van der Waals surface area contributed by atoms with Crippen LogP contribution in [0.1, 0.15) is 22.5 Å². The number of carbonyl (C=O) groups excluding carboxylic acids is 1. The first-order valence-corrected chi connectivity index (χ1v) is 6.52. The fraction of sp³-hybridized carbons (Fsp3) is 0.600. The number of hydrogen-bond donors (Lipinski definition) is 4. The Labute approximate surface area is 112 Å². The SMILES string of the molecule is Nc1nc(NC2CC2)sc1C(=O)NCC(F)(F)CO. The zero-order valence-corrected chi connectivity index (χ0v) is 10.8. The van der Waals surface area contributed by atoms with Crippen LogP contribution in [0.4, 0.5) is 19.7 Å². The predicted molar refractivity (Wildman–Crippen MR) is 67.5 cm³/mol. The first-order chi connectivity index (χ1) is 8.91. The van der Waals surface area contributed by atoms with Gasteiger partial charge in [0.05, 0.1) is 6.54 Å². The summed E-state index contributed by atoms with van der Waals surface area (Å²) in [5, 5.41) is 14.0. The number of amides is 1. The van der Waals surface area contributed by atoms with Crippen molar-refractivity contribution in [3.8, 4) is 0 Å². The third kappa shape index (κ3) is 3.74. The minimum Gasteiger partial charge on any atom is -0.390 e. The molecule has 19 heavy (non-hydrogen) atoms. The smallest absolute Gasteiger partial charge is 0.287 e. The number of thiazole rings is 1. The van der Waals surface area contributed by atoms with Crippen molar-refractivity contribution >= 4 is 28.2 Å². The van der Waals surface area contributed by atoms with Crippen LogP contribution in [0.15, 0.2) is 0 Å². The lowest BCUT2D eigenvalue weighted by Gasteiger charge is -2.13. The highest BCUT2D eigenvalue weighted by atomic mass is 32.1. The van der Waals surface area contributed by atoms with Crippen molar-refractivity contribution in [3.63, 3.8) is 0 Å². The van der Waals surface area contributed by atoms with Gasteiger partial charge in [0.2, 0.25) is 0 Å². The van der Waals surface area contributed by atoms with Crippen LogP contribution in [0.25, 0.3) is 0 Å². The summed E-state index contributed by atoms with van der Waals surface area (Å²) in [5.74, 6) is -4.05. The Morgan fingerprint density at radius 1 is 1.58 bits per heavy atom. The number of nitrogens with zero attached hydrogens (tertiary/aromatic N) is 1. The number of nitrogens with one attached hydrogen (secondary N) is 2. The number of nitrogens with two attached hydrogens (primary N) is 1. The number of alkyl halides is 2. The standard InChI is InChI=1S/C10H14F2N4O2S/c11-10(12,4-17)3-14-8(18)6-7(13)16-9(19-6)15-5-1-2-5/h5,17H,1-4,13H2,(H,14,18)(H,15,16). The number of aliphatic hydroxyl groups is 1. The van der Waals surface area contributed by atoms with Gasteiger partial charge in [-0.15, -0.1) is 0 Å². The molecule has 1 fully saturated rings. The van der Waals surface area contributed by atoms with E-state index < -0.39 is 25.0 Å². The molecule has 0 aromatic carbocycles. The van der Waals surface area contributed by atoms with E-state index in [9.17, 15) is 13.6 Å². The van der Waals surface area contributed by atoms with Crippen LogP contribution in [-0.4, -0.2) is 41.1 Å². The molecule has 1 amide bonds. The van der Waals surface area contributed by atoms with Crippen molar-refractivity contribution in [2.24, 2.45) is 0 Å².